The monoisotopic (exact) mass is 211 g/mol. The van der Waals surface area contributed by atoms with Crippen LogP contribution in [0.4, 0.5) is 4.79 Å². The molecular formula is C9H13N3O3. The molecule has 0 aromatic rings. The van der Waals surface area contributed by atoms with Gasteiger partial charge in [-0.1, -0.05) is 19.3 Å². The SMILES string of the molecule is O=CNN1C(=O)NC2(CCCCC2)C1=O. The summed E-state index contributed by atoms with van der Waals surface area (Å²) < 4.78 is 0. The smallest absolute Gasteiger partial charge is 0.322 e. The maximum Gasteiger partial charge on any atom is 0.344 e. The summed E-state index contributed by atoms with van der Waals surface area (Å²) in [6.07, 6.45) is 4.61. The molecule has 0 atom stereocenters. The van der Waals surface area contributed by atoms with Crippen molar-refractivity contribution in [3.05, 3.63) is 0 Å². The zero-order valence-corrected chi connectivity index (χ0v) is 8.28. The van der Waals surface area contributed by atoms with E-state index in [1.54, 1.807) is 0 Å². The first-order valence-electron chi connectivity index (χ1n) is 5.06. The number of imide groups is 1. The standard InChI is InChI=1S/C9H13N3O3/c13-6-10-12-7(14)9(11-8(12)15)4-2-1-3-5-9/h6H,1-5H2,(H,10,13)(H,11,15). The van der Waals surface area contributed by atoms with Crippen molar-refractivity contribution in [1.82, 2.24) is 15.8 Å². The van der Waals surface area contributed by atoms with Gasteiger partial charge in [-0.05, 0) is 12.8 Å². The molecule has 6 heteroatoms. The minimum atomic E-state index is -0.759. The fourth-order valence-electron chi connectivity index (χ4n) is 2.28. The first-order valence-corrected chi connectivity index (χ1v) is 5.06. The summed E-state index contributed by atoms with van der Waals surface area (Å²) in [5.74, 6) is -0.334. The van der Waals surface area contributed by atoms with Crippen LogP contribution in [0.15, 0.2) is 0 Å². The highest BCUT2D eigenvalue weighted by Crippen LogP contribution is 2.32. The van der Waals surface area contributed by atoms with Gasteiger partial charge in [-0.25, -0.2) is 4.79 Å². The van der Waals surface area contributed by atoms with E-state index in [2.05, 4.69) is 10.7 Å². The Morgan fingerprint density at radius 2 is 1.93 bits per heavy atom. The number of hydrogen-bond donors (Lipinski definition) is 2. The first kappa shape index (κ1) is 9.95. The first-order chi connectivity index (χ1) is 7.19. The number of nitrogens with one attached hydrogen (secondary N) is 2. The van der Waals surface area contributed by atoms with Crippen molar-refractivity contribution in [1.29, 1.82) is 0 Å². The molecule has 1 aliphatic carbocycles. The van der Waals surface area contributed by atoms with Gasteiger partial charge in [0.25, 0.3) is 5.91 Å². The lowest BCUT2D eigenvalue weighted by Crippen LogP contribution is -2.49. The molecule has 6 nitrogen and oxygen atoms in total. The van der Waals surface area contributed by atoms with Crippen molar-refractivity contribution in [2.45, 2.75) is 37.6 Å². The van der Waals surface area contributed by atoms with Gasteiger partial charge in [-0.3, -0.25) is 15.0 Å². The van der Waals surface area contributed by atoms with Crippen molar-refractivity contribution < 1.29 is 14.4 Å². The molecule has 0 aromatic carbocycles. The van der Waals surface area contributed by atoms with Crippen LogP contribution in [0.5, 0.6) is 0 Å². The van der Waals surface area contributed by atoms with Gasteiger partial charge in [0.05, 0.1) is 0 Å². The van der Waals surface area contributed by atoms with Gasteiger partial charge in [-0.15, -0.1) is 0 Å². The molecule has 82 valence electrons. The van der Waals surface area contributed by atoms with Gasteiger partial charge in [0.15, 0.2) is 0 Å². The van der Waals surface area contributed by atoms with E-state index in [4.69, 9.17) is 0 Å². The summed E-state index contributed by atoms with van der Waals surface area (Å²) in [6.45, 7) is 0. The third-order valence-electron chi connectivity index (χ3n) is 3.05. The summed E-state index contributed by atoms with van der Waals surface area (Å²) in [4.78, 5) is 33.6. The lowest BCUT2D eigenvalue weighted by molar-refractivity contribution is -0.136. The van der Waals surface area contributed by atoms with Crippen LogP contribution in [-0.4, -0.2) is 28.9 Å². The van der Waals surface area contributed by atoms with Gasteiger partial charge < -0.3 is 5.32 Å². The number of hydrogen-bond acceptors (Lipinski definition) is 3. The maximum atomic E-state index is 11.9. The molecule has 0 unspecified atom stereocenters. The molecule has 15 heavy (non-hydrogen) atoms. The Balaban J connectivity index is 2.19. The number of nitrogens with zero attached hydrogens (tertiary/aromatic N) is 1. The van der Waals surface area contributed by atoms with Crippen molar-refractivity contribution in [3.63, 3.8) is 0 Å². The largest absolute Gasteiger partial charge is 0.344 e. The molecule has 1 aliphatic heterocycles. The van der Waals surface area contributed by atoms with E-state index in [9.17, 15) is 14.4 Å². The molecule has 1 saturated carbocycles. The summed E-state index contributed by atoms with van der Waals surface area (Å²) in [5, 5.41) is 3.43. The topological polar surface area (TPSA) is 78.5 Å². The van der Waals surface area contributed by atoms with Crippen LogP contribution in [0.2, 0.25) is 0 Å². The van der Waals surface area contributed by atoms with Gasteiger partial charge in [0.2, 0.25) is 6.41 Å². The molecule has 1 spiro atoms. The van der Waals surface area contributed by atoms with Crippen LogP contribution in [0.3, 0.4) is 0 Å². The number of rotatable bonds is 2. The fraction of sp³-hybridized carbons (Fsp3) is 0.667. The van der Waals surface area contributed by atoms with Crippen LogP contribution in [-0.2, 0) is 9.59 Å². The molecule has 4 amide bonds. The van der Waals surface area contributed by atoms with E-state index in [1.165, 1.54) is 0 Å². The average Bonchev–Trinajstić information content (AvgIpc) is 2.45. The Bertz CT molecular complexity index is 310. The van der Waals surface area contributed by atoms with Crippen molar-refractivity contribution in [2.24, 2.45) is 0 Å². The average molecular weight is 211 g/mol. The molecule has 2 rings (SSSR count). The summed E-state index contributed by atoms with van der Waals surface area (Å²) in [6, 6.07) is -0.533. The number of urea groups is 1. The summed E-state index contributed by atoms with van der Waals surface area (Å²) in [7, 11) is 0. The van der Waals surface area contributed by atoms with E-state index >= 15 is 0 Å². The van der Waals surface area contributed by atoms with E-state index in [0.717, 1.165) is 24.3 Å². The van der Waals surface area contributed by atoms with Gasteiger partial charge in [0, 0.05) is 0 Å². The Hall–Kier alpha value is -1.59. The van der Waals surface area contributed by atoms with E-state index in [1.807, 2.05) is 0 Å². The second-order valence-electron chi connectivity index (χ2n) is 3.96. The van der Waals surface area contributed by atoms with Gasteiger partial charge >= 0.3 is 6.03 Å². The highest BCUT2D eigenvalue weighted by atomic mass is 16.2. The minimum Gasteiger partial charge on any atom is -0.322 e. The molecule has 2 aliphatic rings. The molecule has 0 aromatic heterocycles. The highest BCUT2D eigenvalue weighted by Gasteiger charge is 2.51. The lowest BCUT2D eigenvalue weighted by Gasteiger charge is -2.30. The van der Waals surface area contributed by atoms with Gasteiger partial charge in [0.1, 0.15) is 5.54 Å². The second kappa shape index (κ2) is 3.52. The van der Waals surface area contributed by atoms with Crippen LogP contribution in [0, 0.1) is 0 Å². The van der Waals surface area contributed by atoms with Crippen molar-refractivity contribution >= 4 is 18.3 Å². The lowest BCUT2D eigenvalue weighted by atomic mass is 9.82. The van der Waals surface area contributed by atoms with E-state index < -0.39 is 11.6 Å². The second-order valence-corrected chi connectivity index (χ2v) is 3.96. The highest BCUT2D eigenvalue weighted by molar-refractivity contribution is 6.07. The Labute approximate surface area is 87.0 Å². The molecule has 1 heterocycles. The minimum absolute atomic E-state index is 0.333. The van der Waals surface area contributed by atoms with E-state index in [-0.39, 0.29) is 5.91 Å². The Morgan fingerprint density at radius 3 is 2.53 bits per heavy atom. The Morgan fingerprint density at radius 1 is 1.27 bits per heavy atom. The molecular weight excluding hydrogens is 198 g/mol. The number of amides is 4. The van der Waals surface area contributed by atoms with Crippen molar-refractivity contribution in [2.75, 3.05) is 0 Å². The normalized spacial score (nSPS) is 24.1. The number of carbonyl (C=O) groups is 3. The Kier molecular flexibility index (Phi) is 2.34. The maximum absolute atomic E-state index is 11.9. The summed E-state index contributed by atoms with van der Waals surface area (Å²) >= 11 is 0. The zero-order valence-electron chi connectivity index (χ0n) is 8.28. The molecule has 1 saturated heterocycles. The third-order valence-corrected chi connectivity index (χ3v) is 3.05. The van der Waals surface area contributed by atoms with Crippen LogP contribution < -0.4 is 10.7 Å². The van der Waals surface area contributed by atoms with Crippen molar-refractivity contribution in [3.8, 4) is 0 Å². The quantitative estimate of drug-likeness (QED) is 0.494. The van der Waals surface area contributed by atoms with Crippen LogP contribution in [0.1, 0.15) is 32.1 Å². The zero-order chi connectivity index (χ0) is 10.9. The predicted octanol–water partition coefficient (Wildman–Crippen LogP) is -0.0979. The van der Waals surface area contributed by atoms with E-state index in [0.29, 0.717) is 19.3 Å². The molecule has 0 bridgehead atoms. The third kappa shape index (κ3) is 1.45. The summed E-state index contributed by atoms with van der Waals surface area (Å²) in [5.41, 5.74) is 1.35. The van der Waals surface area contributed by atoms with Crippen LogP contribution in [0.25, 0.3) is 0 Å². The van der Waals surface area contributed by atoms with Crippen LogP contribution >= 0.6 is 0 Å². The van der Waals surface area contributed by atoms with Gasteiger partial charge in [-0.2, -0.15) is 5.01 Å². The molecule has 2 fully saturated rings. The fourth-order valence-corrected chi connectivity index (χ4v) is 2.28. The molecule has 2 N–H and O–H groups in total. The molecule has 0 radical (unpaired) electrons. The number of carbonyl (C=O) groups excluding carboxylic acids is 3. The number of hydrazine groups is 1. The predicted molar refractivity (Wildman–Crippen MR) is 50.4 cm³/mol.